The van der Waals surface area contributed by atoms with Crippen LogP contribution in [0.1, 0.15) is 27.8 Å². The van der Waals surface area contributed by atoms with Gasteiger partial charge in [0.1, 0.15) is 37.1 Å². The Morgan fingerprint density at radius 2 is 1.63 bits per heavy atom. The smallest absolute Gasteiger partial charge is 0.317 e. The van der Waals surface area contributed by atoms with Crippen LogP contribution in [0.2, 0.25) is 5.02 Å². The molecule has 0 amide bonds. The first kappa shape index (κ1) is 34.3. The Hall–Kier alpha value is -4.56. The van der Waals surface area contributed by atoms with E-state index in [1.54, 1.807) is 24.1 Å². The van der Waals surface area contributed by atoms with Gasteiger partial charge in [0.15, 0.2) is 9.84 Å². The highest BCUT2D eigenvalue weighted by Gasteiger charge is 2.17. The second-order valence-electron chi connectivity index (χ2n) is 10.8. The quantitative estimate of drug-likeness (QED) is 0.160. The number of likely N-dealkylation sites (N-methyl/N-ethyl adjacent to an activating group) is 1. The van der Waals surface area contributed by atoms with E-state index in [1.807, 2.05) is 50.2 Å². The van der Waals surface area contributed by atoms with Crippen LogP contribution in [0.5, 0.6) is 17.2 Å². The summed E-state index contributed by atoms with van der Waals surface area (Å²) in [6, 6.07) is 16.7. The standard InChI is InChI=1S/C35H35ClN2O7S/c1-6-13-43-32-12-8-11-30(24(32)3)29-10-7-9-26(23(29)2)22-45-34-16-33(27(15-31(34)36)19-38(4)20-35(39)40)44-21-25-14-28(18-37-17-25)46(5,41)42/h1,7-12,14-18H,13,19-22H2,2-5H3,(H,39,40). The van der Waals surface area contributed by atoms with Crippen molar-refractivity contribution < 1.29 is 32.5 Å². The Labute approximate surface area is 274 Å². The summed E-state index contributed by atoms with van der Waals surface area (Å²) in [6.07, 6.45) is 9.29. The van der Waals surface area contributed by atoms with Crippen molar-refractivity contribution in [2.24, 2.45) is 0 Å². The molecule has 0 aliphatic rings. The first-order valence-electron chi connectivity index (χ1n) is 14.2. The predicted octanol–water partition coefficient (Wildman–Crippen LogP) is 6.11. The molecule has 1 aromatic heterocycles. The summed E-state index contributed by atoms with van der Waals surface area (Å²) in [4.78, 5) is 17.0. The molecule has 0 radical (unpaired) electrons. The van der Waals surface area contributed by atoms with Gasteiger partial charge in [-0.3, -0.25) is 14.7 Å². The van der Waals surface area contributed by atoms with E-state index in [9.17, 15) is 18.3 Å². The molecule has 0 unspecified atom stereocenters. The Kier molecular flexibility index (Phi) is 11.3. The second-order valence-corrected chi connectivity index (χ2v) is 13.3. The molecule has 0 spiro atoms. The van der Waals surface area contributed by atoms with Crippen molar-refractivity contribution >= 4 is 27.4 Å². The first-order valence-corrected chi connectivity index (χ1v) is 16.5. The molecule has 0 aliphatic heterocycles. The average molecular weight is 663 g/mol. The molecule has 0 aliphatic carbocycles. The third-order valence-corrected chi connectivity index (χ3v) is 8.64. The van der Waals surface area contributed by atoms with E-state index in [2.05, 4.69) is 10.9 Å². The minimum Gasteiger partial charge on any atom is -0.488 e. The van der Waals surface area contributed by atoms with Crippen molar-refractivity contribution in [3.05, 3.63) is 99.8 Å². The number of sulfone groups is 1. The van der Waals surface area contributed by atoms with Crippen molar-refractivity contribution in [2.45, 2.75) is 38.5 Å². The number of benzene rings is 3. The number of halogens is 1. The molecule has 46 heavy (non-hydrogen) atoms. The molecule has 240 valence electrons. The fourth-order valence-electron chi connectivity index (χ4n) is 4.90. The van der Waals surface area contributed by atoms with Crippen LogP contribution in [0, 0.1) is 26.2 Å². The molecule has 1 N–H and O–H groups in total. The summed E-state index contributed by atoms with van der Waals surface area (Å²) >= 11 is 6.67. The van der Waals surface area contributed by atoms with Gasteiger partial charge in [-0.2, -0.15) is 0 Å². The van der Waals surface area contributed by atoms with Gasteiger partial charge in [-0.15, -0.1) is 6.42 Å². The zero-order valence-corrected chi connectivity index (χ0v) is 27.6. The van der Waals surface area contributed by atoms with Gasteiger partial charge in [0.05, 0.1) is 16.5 Å². The largest absolute Gasteiger partial charge is 0.488 e. The van der Waals surface area contributed by atoms with Crippen LogP contribution in [0.15, 0.2) is 71.9 Å². The van der Waals surface area contributed by atoms with Gasteiger partial charge in [0, 0.05) is 42.4 Å². The Morgan fingerprint density at radius 3 is 2.33 bits per heavy atom. The first-order chi connectivity index (χ1) is 21.9. The number of aliphatic carboxylic acids is 1. The molecular weight excluding hydrogens is 628 g/mol. The van der Waals surface area contributed by atoms with Gasteiger partial charge in [-0.25, -0.2) is 8.42 Å². The Bertz CT molecular complexity index is 1890. The number of aromatic nitrogens is 1. The summed E-state index contributed by atoms with van der Waals surface area (Å²) in [7, 11) is -1.78. The van der Waals surface area contributed by atoms with Crippen LogP contribution in [-0.4, -0.2) is 55.8 Å². The number of carboxylic acid groups (broad SMARTS) is 1. The van der Waals surface area contributed by atoms with Gasteiger partial charge in [-0.05, 0) is 66.9 Å². The number of carboxylic acids is 1. The molecule has 0 fully saturated rings. The van der Waals surface area contributed by atoms with E-state index < -0.39 is 15.8 Å². The highest BCUT2D eigenvalue weighted by Crippen LogP contribution is 2.36. The lowest BCUT2D eigenvalue weighted by Gasteiger charge is -2.20. The second kappa shape index (κ2) is 15.1. The summed E-state index contributed by atoms with van der Waals surface area (Å²) in [5, 5.41) is 9.57. The van der Waals surface area contributed by atoms with Gasteiger partial charge < -0.3 is 19.3 Å². The third kappa shape index (κ3) is 8.79. The van der Waals surface area contributed by atoms with Crippen molar-refractivity contribution in [1.82, 2.24) is 9.88 Å². The van der Waals surface area contributed by atoms with Crippen molar-refractivity contribution in [2.75, 3.05) is 26.5 Å². The summed E-state index contributed by atoms with van der Waals surface area (Å²) in [5.41, 5.74) is 6.17. The average Bonchev–Trinajstić information content (AvgIpc) is 2.99. The molecule has 4 rings (SSSR count). The van der Waals surface area contributed by atoms with E-state index in [-0.39, 0.29) is 37.8 Å². The highest BCUT2D eigenvalue weighted by atomic mass is 35.5. The summed E-state index contributed by atoms with van der Waals surface area (Å²) in [6.45, 7) is 4.47. The lowest BCUT2D eigenvalue weighted by Crippen LogP contribution is -2.25. The number of hydrogen-bond acceptors (Lipinski definition) is 8. The molecule has 3 aromatic carbocycles. The van der Waals surface area contributed by atoms with Gasteiger partial charge >= 0.3 is 5.97 Å². The number of pyridine rings is 1. The van der Waals surface area contributed by atoms with Gasteiger partial charge in [-0.1, -0.05) is 47.9 Å². The normalized spacial score (nSPS) is 11.2. The maximum atomic E-state index is 12.0. The fourth-order valence-corrected chi connectivity index (χ4v) is 5.76. The molecule has 1 heterocycles. The van der Waals surface area contributed by atoms with Crippen LogP contribution in [0.25, 0.3) is 11.1 Å². The number of nitrogens with zero attached hydrogens (tertiary/aromatic N) is 2. The van der Waals surface area contributed by atoms with Crippen LogP contribution in [-0.2, 0) is 34.4 Å². The number of terminal acetylenes is 1. The molecular formula is C35H35ClN2O7S. The monoisotopic (exact) mass is 662 g/mol. The Balaban J connectivity index is 1.61. The Morgan fingerprint density at radius 1 is 0.935 bits per heavy atom. The van der Waals surface area contributed by atoms with Crippen LogP contribution in [0.3, 0.4) is 0 Å². The minimum absolute atomic E-state index is 0.0116. The predicted molar refractivity (Wildman–Crippen MR) is 177 cm³/mol. The van der Waals surface area contributed by atoms with E-state index in [1.165, 1.54) is 18.5 Å². The maximum absolute atomic E-state index is 12.0. The zero-order valence-electron chi connectivity index (χ0n) is 26.0. The highest BCUT2D eigenvalue weighted by molar-refractivity contribution is 7.90. The minimum atomic E-state index is -3.45. The molecule has 0 saturated heterocycles. The van der Waals surface area contributed by atoms with E-state index >= 15 is 0 Å². The van der Waals surface area contributed by atoms with E-state index in [0.29, 0.717) is 27.6 Å². The molecule has 9 nitrogen and oxygen atoms in total. The van der Waals surface area contributed by atoms with Crippen LogP contribution in [0.4, 0.5) is 0 Å². The van der Waals surface area contributed by atoms with Crippen molar-refractivity contribution in [3.8, 4) is 40.7 Å². The maximum Gasteiger partial charge on any atom is 0.317 e. The van der Waals surface area contributed by atoms with Gasteiger partial charge in [0.2, 0.25) is 0 Å². The summed E-state index contributed by atoms with van der Waals surface area (Å²) in [5.74, 6) is 3.03. The van der Waals surface area contributed by atoms with E-state index in [0.717, 1.165) is 39.8 Å². The number of hydrogen-bond donors (Lipinski definition) is 1. The number of ether oxygens (including phenoxy) is 3. The third-order valence-electron chi connectivity index (χ3n) is 7.27. The van der Waals surface area contributed by atoms with Gasteiger partial charge in [0.25, 0.3) is 0 Å². The molecule has 11 heteroatoms. The lowest BCUT2D eigenvalue weighted by atomic mass is 9.93. The van der Waals surface area contributed by atoms with Crippen LogP contribution < -0.4 is 14.2 Å². The lowest BCUT2D eigenvalue weighted by molar-refractivity contribution is -0.138. The number of rotatable bonds is 14. The van der Waals surface area contributed by atoms with Crippen LogP contribution >= 0.6 is 11.6 Å². The SMILES string of the molecule is C#CCOc1cccc(-c2cccc(COc3cc(OCc4cncc(S(C)(=O)=O)c4)c(CN(C)CC(=O)O)cc3Cl)c2C)c1C. The summed E-state index contributed by atoms with van der Waals surface area (Å²) < 4.78 is 42.1. The van der Waals surface area contributed by atoms with E-state index in [4.69, 9.17) is 32.2 Å². The topological polar surface area (TPSA) is 115 Å². The molecule has 4 aromatic rings. The number of carbonyl (C=O) groups is 1. The molecule has 0 bridgehead atoms. The van der Waals surface area contributed by atoms with Crippen molar-refractivity contribution in [3.63, 3.8) is 0 Å². The molecule has 0 saturated carbocycles. The van der Waals surface area contributed by atoms with Crippen molar-refractivity contribution in [1.29, 1.82) is 0 Å². The molecule has 0 atom stereocenters. The fraction of sp³-hybridized carbons (Fsp3) is 0.257. The zero-order chi connectivity index (χ0) is 33.4.